The van der Waals surface area contributed by atoms with Gasteiger partial charge in [-0.3, -0.25) is 4.79 Å². The highest BCUT2D eigenvalue weighted by atomic mass is 35.5. The Hall–Kier alpha value is -2.00. The van der Waals surface area contributed by atoms with Crippen molar-refractivity contribution >= 4 is 23.2 Å². The highest BCUT2D eigenvalue weighted by Crippen LogP contribution is 2.27. The van der Waals surface area contributed by atoms with E-state index in [1.807, 2.05) is 56.3 Å². The smallest absolute Gasteiger partial charge is 0.239 e. The number of alkyl halides is 1. The summed E-state index contributed by atoms with van der Waals surface area (Å²) in [6, 6.07) is 13.8. The minimum Gasteiger partial charge on any atom is -0.489 e. The summed E-state index contributed by atoms with van der Waals surface area (Å²) in [5.74, 6) is 0.532. The normalized spacial score (nSPS) is 10.2. The molecule has 0 bridgehead atoms. The van der Waals surface area contributed by atoms with Gasteiger partial charge in [-0.15, -0.1) is 11.6 Å². The molecule has 0 radical (unpaired) electrons. The van der Waals surface area contributed by atoms with Crippen molar-refractivity contribution in [1.82, 2.24) is 0 Å². The maximum atomic E-state index is 11.4. The molecule has 0 fully saturated rings. The van der Waals surface area contributed by atoms with Gasteiger partial charge >= 0.3 is 0 Å². The Balaban J connectivity index is 2.10. The summed E-state index contributed by atoms with van der Waals surface area (Å²) in [5.41, 5.74) is 3.83. The van der Waals surface area contributed by atoms with Crippen molar-refractivity contribution in [2.75, 3.05) is 11.2 Å². The Labute approximate surface area is 129 Å². The zero-order valence-electron chi connectivity index (χ0n) is 12.2. The molecule has 0 aliphatic carbocycles. The number of hydrogen-bond acceptors (Lipinski definition) is 2. The number of halogens is 1. The van der Waals surface area contributed by atoms with E-state index in [4.69, 9.17) is 16.3 Å². The fourth-order valence-corrected chi connectivity index (χ4v) is 2.18. The van der Waals surface area contributed by atoms with E-state index in [0.717, 1.165) is 28.1 Å². The van der Waals surface area contributed by atoms with E-state index in [2.05, 4.69) is 5.32 Å². The van der Waals surface area contributed by atoms with Crippen molar-refractivity contribution < 1.29 is 9.53 Å². The molecule has 0 atom stereocenters. The number of amides is 1. The summed E-state index contributed by atoms with van der Waals surface area (Å²) >= 11 is 5.52. The SMILES string of the molecule is Cc1cc(OCc2ccccc2)cc(C)c1NC(=O)CCl. The molecule has 4 heteroatoms. The van der Waals surface area contributed by atoms with Crippen LogP contribution in [0.15, 0.2) is 42.5 Å². The van der Waals surface area contributed by atoms with Gasteiger partial charge in [-0.1, -0.05) is 30.3 Å². The van der Waals surface area contributed by atoms with Gasteiger partial charge in [0.1, 0.15) is 18.2 Å². The Morgan fingerprint density at radius 2 is 1.76 bits per heavy atom. The van der Waals surface area contributed by atoms with E-state index < -0.39 is 0 Å². The summed E-state index contributed by atoms with van der Waals surface area (Å²) < 4.78 is 5.80. The van der Waals surface area contributed by atoms with Crippen LogP contribution in [0.3, 0.4) is 0 Å². The standard InChI is InChI=1S/C17H18ClNO2/c1-12-8-15(21-11-14-6-4-3-5-7-14)9-13(2)17(12)19-16(20)10-18/h3-9H,10-11H2,1-2H3,(H,19,20). The molecule has 0 aliphatic heterocycles. The van der Waals surface area contributed by atoms with E-state index in [0.29, 0.717) is 6.61 Å². The summed E-state index contributed by atoms with van der Waals surface area (Å²) in [7, 11) is 0. The molecular formula is C17H18ClNO2. The van der Waals surface area contributed by atoms with Gasteiger partial charge < -0.3 is 10.1 Å². The zero-order valence-corrected chi connectivity index (χ0v) is 12.9. The second kappa shape index (κ2) is 7.14. The van der Waals surface area contributed by atoms with Gasteiger partial charge in [-0.2, -0.15) is 0 Å². The van der Waals surface area contributed by atoms with Crippen molar-refractivity contribution in [2.45, 2.75) is 20.5 Å². The number of anilines is 1. The number of carbonyl (C=O) groups excluding carboxylic acids is 1. The third-order valence-electron chi connectivity index (χ3n) is 3.14. The Morgan fingerprint density at radius 3 is 2.33 bits per heavy atom. The molecule has 0 aromatic heterocycles. The summed E-state index contributed by atoms with van der Waals surface area (Å²) in [5, 5.41) is 2.80. The zero-order chi connectivity index (χ0) is 15.2. The summed E-state index contributed by atoms with van der Waals surface area (Å²) in [4.78, 5) is 11.4. The fraction of sp³-hybridized carbons (Fsp3) is 0.235. The lowest BCUT2D eigenvalue weighted by atomic mass is 10.1. The average molecular weight is 304 g/mol. The van der Waals surface area contributed by atoms with Crippen LogP contribution in [0, 0.1) is 13.8 Å². The van der Waals surface area contributed by atoms with E-state index >= 15 is 0 Å². The minimum atomic E-state index is -0.208. The molecule has 21 heavy (non-hydrogen) atoms. The van der Waals surface area contributed by atoms with Crippen molar-refractivity contribution in [3.63, 3.8) is 0 Å². The van der Waals surface area contributed by atoms with Gasteiger partial charge in [-0.05, 0) is 42.7 Å². The van der Waals surface area contributed by atoms with E-state index in [-0.39, 0.29) is 11.8 Å². The Bertz CT molecular complexity index is 603. The maximum Gasteiger partial charge on any atom is 0.239 e. The summed E-state index contributed by atoms with van der Waals surface area (Å²) in [6.45, 7) is 4.39. The van der Waals surface area contributed by atoms with Gasteiger partial charge in [-0.25, -0.2) is 0 Å². The van der Waals surface area contributed by atoms with Crippen LogP contribution in [0.25, 0.3) is 0 Å². The molecule has 3 nitrogen and oxygen atoms in total. The van der Waals surface area contributed by atoms with Crippen LogP contribution in [0.2, 0.25) is 0 Å². The molecule has 1 N–H and O–H groups in total. The van der Waals surface area contributed by atoms with Crippen LogP contribution in [-0.4, -0.2) is 11.8 Å². The lowest BCUT2D eigenvalue weighted by molar-refractivity contribution is -0.113. The molecule has 2 aromatic rings. The molecule has 2 rings (SSSR count). The van der Waals surface area contributed by atoms with Crippen molar-refractivity contribution in [2.24, 2.45) is 0 Å². The van der Waals surface area contributed by atoms with Gasteiger partial charge in [0.2, 0.25) is 5.91 Å². The van der Waals surface area contributed by atoms with E-state index in [1.54, 1.807) is 0 Å². The highest BCUT2D eigenvalue weighted by molar-refractivity contribution is 6.29. The Morgan fingerprint density at radius 1 is 1.14 bits per heavy atom. The number of aryl methyl sites for hydroxylation is 2. The van der Waals surface area contributed by atoms with Crippen molar-refractivity contribution in [1.29, 1.82) is 0 Å². The first-order valence-corrected chi connectivity index (χ1v) is 7.27. The molecule has 2 aromatic carbocycles. The van der Waals surface area contributed by atoms with Crippen molar-refractivity contribution in [3.05, 3.63) is 59.2 Å². The van der Waals surface area contributed by atoms with Gasteiger partial charge in [0, 0.05) is 5.69 Å². The molecule has 0 aliphatic rings. The lowest BCUT2D eigenvalue weighted by Gasteiger charge is -2.14. The third kappa shape index (κ3) is 4.23. The first kappa shape index (κ1) is 15.4. The highest BCUT2D eigenvalue weighted by Gasteiger charge is 2.09. The lowest BCUT2D eigenvalue weighted by Crippen LogP contribution is -2.14. The molecule has 110 valence electrons. The average Bonchev–Trinajstić information content (AvgIpc) is 2.49. The van der Waals surface area contributed by atoms with Crippen LogP contribution < -0.4 is 10.1 Å². The van der Waals surface area contributed by atoms with Crippen LogP contribution in [0.5, 0.6) is 5.75 Å². The topological polar surface area (TPSA) is 38.3 Å². The number of nitrogens with one attached hydrogen (secondary N) is 1. The van der Waals surface area contributed by atoms with Gasteiger partial charge in [0.15, 0.2) is 0 Å². The first-order valence-electron chi connectivity index (χ1n) is 6.74. The number of ether oxygens (including phenoxy) is 1. The molecular weight excluding hydrogens is 286 g/mol. The Kier molecular flexibility index (Phi) is 5.23. The predicted octanol–water partition coefficient (Wildman–Crippen LogP) is 4.06. The van der Waals surface area contributed by atoms with E-state index in [9.17, 15) is 4.79 Å². The van der Waals surface area contributed by atoms with Crippen LogP contribution in [0.4, 0.5) is 5.69 Å². The predicted molar refractivity (Wildman–Crippen MR) is 86.0 cm³/mol. The summed E-state index contributed by atoms with van der Waals surface area (Å²) in [6.07, 6.45) is 0. The molecule has 0 spiro atoms. The van der Waals surface area contributed by atoms with Crippen LogP contribution in [-0.2, 0) is 11.4 Å². The van der Waals surface area contributed by atoms with Gasteiger partial charge in [0.25, 0.3) is 0 Å². The fourth-order valence-electron chi connectivity index (χ4n) is 2.12. The molecule has 1 amide bonds. The maximum absolute atomic E-state index is 11.4. The number of hydrogen-bond donors (Lipinski definition) is 1. The molecule has 0 saturated carbocycles. The second-order valence-corrected chi connectivity index (χ2v) is 5.16. The number of carbonyl (C=O) groups is 1. The quantitative estimate of drug-likeness (QED) is 0.846. The van der Waals surface area contributed by atoms with Gasteiger partial charge in [0.05, 0.1) is 0 Å². The second-order valence-electron chi connectivity index (χ2n) is 4.89. The largest absolute Gasteiger partial charge is 0.489 e. The number of benzene rings is 2. The van der Waals surface area contributed by atoms with Crippen LogP contribution in [0.1, 0.15) is 16.7 Å². The molecule has 0 saturated heterocycles. The minimum absolute atomic E-state index is 0.0505. The van der Waals surface area contributed by atoms with Crippen molar-refractivity contribution in [3.8, 4) is 5.75 Å². The monoisotopic (exact) mass is 303 g/mol. The number of rotatable bonds is 5. The third-order valence-corrected chi connectivity index (χ3v) is 3.38. The molecule has 0 unspecified atom stereocenters. The first-order chi connectivity index (χ1) is 10.1. The van der Waals surface area contributed by atoms with E-state index in [1.165, 1.54) is 0 Å². The van der Waals surface area contributed by atoms with Crippen LogP contribution >= 0.6 is 11.6 Å². The molecule has 0 heterocycles.